The van der Waals surface area contributed by atoms with Gasteiger partial charge in [-0.25, -0.2) is 4.79 Å². The Morgan fingerprint density at radius 1 is 1.32 bits per heavy atom. The van der Waals surface area contributed by atoms with Crippen LogP contribution in [0.2, 0.25) is 10.0 Å². The number of rotatable bonds is 5. The number of esters is 1. The molecular formula is C15H15Cl2N3O5. The number of benzene rings is 1. The van der Waals surface area contributed by atoms with Crippen LogP contribution in [0.3, 0.4) is 0 Å². The highest BCUT2D eigenvalue weighted by atomic mass is 35.5. The molecule has 10 heteroatoms. The van der Waals surface area contributed by atoms with Crippen LogP contribution in [0, 0.1) is 0 Å². The molecule has 0 radical (unpaired) electrons. The SMILES string of the molecule is C[C@H](OC(=O)CN1C(=O)CN(C)C1=O)C(=O)Nc1ccc(Cl)cc1Cl. The maximum Gasteiger partial charge on any atom is 0.327 e. The second kappa shape index (κ2) is 7.71. The lowest BCUT2D eigenvalue weighted by molar-refractivity contribution is -0.154. The molecule has 0 bridgehead atoms. The molecule has 8 nitrogen and oxygen atoms in total. The number of ether oxygens (including phenoxy) is 1. The van der Waals surface area contributed by atoms with Crippen LogP contribution in [0.4, 0.5) is 10.5 Å². The Hall–Kier alpha value is -2.32. The number of hydrogen-bond acceptors (Lipinski definition) is 5. The summed E-state index contributed by atoms with van der Waals surface area (Å²) in [5, 5.41) is 3.14. The second-order valence-corrected chi connectivity index (χ2v) is 6.21. The molecule has 0 spiro atoms. The smallest absolute Gasteiger partial charge is 0.327 e. The Morgan fingerprint density at radius 2 is 2.00 bits per heavy atom. The molecule has 0 saturated carbocycles. The topological polar surface area (TPSA) is 96.0 Å². The molecule has 1 fully saturated rings. The summed E-state index contributed by atoms with van der Waals surface area (Å²) in [6, 6.07) is 3.92. The summed E-state index contributed by atoms with van der Waals surface area (Å²) in [5.41, 5.74) is 0.311. The lowest BCUT2D eigenvalue weighted by Gasteiger charge is -2.17. The molecule has 1 aromatic carbocycles. The third-order valence-corrected chi connectivity index (χ3v) is 3.93. The van der Waals surface area contributed by atoms with Crippen LogP contribution < -0.4 is 5.32 Å². The Balaban J connectivity index is 1.91. The third kappa shape index (κ3) is 4.61. The van der Waals surface area contributed by atoms with Gasteiger partial charge in [-0.15, -0.1) is 0 Å². The van der Waals surface area contributed by atoms with Crippen molar-refractivity contribution in [3.8, 4) is 0 Å². The van der Waals surface area contributed by atoms with E-state index in [2.05, 4.69) is 5.32 Å². The number of halogens is 2. The number of carbonyl (C=O) groups is 4. The van der Waals surface area contributed by atoms with Crippen molar-refractivity contribution < 1.29 is 23.9 Å². The lowest BCUT2D eigenvalue weighted by atomic mass is 10.3. The van der Waals surface area contributed by atoms with Crippen LogP contribution in [0.5, 0.6) is 0 Å². The van der Waals surface area contributed by atoms with Crippen LogP contribution in [-0.2, 0) is 19.1 Å². The molecule has 1 saturated heterocycles. The van der Waals surface area contributed by atoms with Gasteiger partial charge in [0.15, 0.2) is 6.10 Å². The summed E-state index contributed by atoms with van der Waals surface area (Å²) in [7, 11) is 1.44. The van der Waals surface area contributed by atoms with Gasteiger partial charge < -0.3 is 15.0 Å². The molecule has 1 aliphatic rings. The van der Waals surface area contributed by atoms with Crippen molar-refractivity contribution in [1.29, 1.82) is 0 Å². The van der Waals surface area contributed by atoms with Crippen molar-refractivity contribution >= 4 is 52.7 Å². The van der Waals surface area contributed by atoms with Gasteiger partial charge in [0, 0.05) is 12.1 Å². The van der Waals surface area contributed by atoms with E-state index in [9.17, 15) is 19.2 Å². The van der Waals surface area contributed by atoms with Crippen LogP contribution in [-0.4, -0.2) is 59.9 Å². The number of urea groups is 1. The van der Waals surface area contributed by atoms with E-state index >= 15 is 0 Å². The predicted molar refractivity (Wildman–Crippen MR) is 90.4 cm³/mol. The Morgan fingerprint density at radius 3 is 2.56 bits per heavy atom. The fourth-order valence-corrected chi connectivity index (χ4v) is 2.52. The van der Waals surface area contributed by atoms with Gasteiger partial charge in [0.1, 0.15) is 13.1 Å². The van der Waals surface area contributed by atoms with Crippen molar-refractivity contribution in [2.24, 2.45) is 0 Å². The highest BCUT2D eigenvalue weighted by molar-refractivity contribution is 6.36. The molecule has 1 heterocycles. The zero-order valence-electron chi connectivity index (χ0n) is 13.4. The molecule has 1 aliphatic heterocycles. The first-order valence-corrected chi connectivity index (χ1v) is 7.95. The van der Waals surface area contributed by atoms with Gasteiger partial charge >= 0.3 is 12.0 Å². The average Bonchev–Trinajstić information content (AvgIpc) is 2.76. The van der Waals surface area contributed by atoms with Crippen molar-refractivity contribution in [2.45, 2.75) is 13.0 Å². The van der Waals surface area contributed by atoms with Crippen LogP contribution >= 0.6 is 23.2 Å². The van der Waals surface area contributed by atoms with Crippen molar-refractivity contribution in [3.05, 3.63) is 28.2 Å². The summed E-state index contributed by atoms with van der Waals surface area (Å²) in [5.74, 6) is -2.00. The molecule has 2 rings (SSSR count). The quantitative estimate of drug-likeness (QED) is 0.613. The van der Waals surface area contributed by atoms with E-state index in [4.69, 9.17) is 27.9 Å². The number of hydrogen-bond donors (Lipinski definition) is 1. The zero-order chi connectivity index (χ0) is 18.7. The summed E-state index contributed by atoms with van der Waals surface area (Å²) in [4.78, 5) is 49.2. The zero-order valence-corrected chi connectivity index (χ0v) is 14.9. The van der Waals surface area contributed by atoms with Gasteiger partial charge in [-0.05, 0) is 25.1 Å². The van der Waals surface area contributed by atoms with E-state index in [1.165, 1.54) is 31.0 Å². The fraction of sp³-hybridized carbons (Fsp3) is 0.333. The fourth-order valence-electron chi connectivity index (χ4n) is 2.07. The van der Waals surface area contributed by atoms with E-state index < -0.39 is 36.5 Å². The molecular weight excluding hydrogens is 373 g/mol. The van der Waals surface area contributed by atoms with Crippen molar-refractivity contribution in [1.82, 2.24) is 9.80 Å². The summed E-state index contributed by atoms with van der Waals surface area (Å²) < 4.78 is 4.96. The molecule has 0 unspecified atom stereocenters. The van der Waals surface area contributed by atoms with E-state index in [-0.39, 0.29) is 11.6 Å². The van der Waals surface area contributed by atoms with Gasteiger partial charge in [-0.3, -0.25) is 19.3 Å². The van der Waals surface area contributed by atoms with Gasteiger partial charge in [0.05, 0.1) is 10.7 Å². The first kappa shape index (κ1) is 19.0. The highest BCUT2D eigenvalue weighted by Crippen LogP contribution is 2.25. The van der Waals surface area contributed by atoms with E-state index in [1.807, 2.05) is 0 Å². The largest absolute Gasteiger partial charge is 0.451 e. The number of amides is 4. The molecule has 1 atom stereocenters. The van der Waals surface area contributed by atoms with Gasteiger partial charge in [0.2, 0.25) is 0 Å². The Kier molecular flexibility index (Phi) is 5.86. The summed E-state index contributed by atoms with van der Waals surface area (Å²) in [6.45, 7) is 0.704. The average molecular weight is 388 g/mol. The van der Waals surface area contributed by atoms with Crippen molar-refractivity contribution in [3.63, 3.8) is 0 Å². The maximum absolute atomic E-state index is 12.1. The maximum atomic E-state index is 12.1. The van der Waals surface area contributed by atoms with E-state index in [0.717, 1.165) is 4.90 Å². The van der Waals surface area contributed by atoms with Crippen LogP contribution in [0.25, 0.3) is 0 Å². The van der Waals surface area contributed by atoms with E-state index in [0.29, 0.717) is 10.7 Å². The second-order valence-electron chi connectivity index (χ2n) is 5.36. The first-order chi connectivity index (χ1) is 11.7. The molecule has 134 valence electrons. The van der Waals surface area contributed by atoms with Crippen LogP contribution in [0.15, 0.2) is 18.2 Å². The number of nitrogens with zero attached hydrogens (tertiary/aromatic N) is 2. The number of carbonyl (C=O) groups excluding carboxylic acids is 4. The third-order valence-electron chi connectivity index (χ3n) is 3.38. The molecule has 4 amide bonds. The lowest BCUT2D eigenvalue weighted by Crippen LogP contribution is -2.39. The Bertz CT molecular complexity index is 740. The molecule has 25 heavy (non-hydrogen) atoms. The minimum atomic E-state index is -1.15. The van der Waals surface area contributed by atoms with Gasteiger partial charge in [-0.2, -0.15) is 0 Å². The monoisotopic (exact) mass is 387 g/mol. The number of anilines is 1. The summed E-state index contributed by atoms with van der Waals surface area (Å²) >= 11 is 11.7. The molecule has 1 N–H and O–H groups in total. The summed E-state index contributed by atoms with van der Waals surface area (Å²) in [6.07, 6.45) is -1.15. The molecule has 0 aliphatic carbocycles. The minimum absolute atomic E-state index is 0.1000. The highest BCUT2D eigenvalue weighted by Gasteiger charge is 2.35. The normalized spacial score (nSPS) is 15.4. The van der Waals surface area contributed by atoms with Crippen molar-refractivity contribution in [2.75, 3.05) is 25.5 Å². The minimum Gasteiger partial charge on any atom is -0.451 e. The number of nitrogens with one attached hydrogen (secondary N) is 1. The molecule has 1 aromatic rings. The van der Waals surface area contributed by atoms with Gasteiger partial charge in [-0.1, -0.05) is 23.2 Å². The molecule has 0 aromatic heterocycles. The predicted octanol–water partition coefficient (Wildman–Crippen LogP) is 1.76. The number of imide groups is 1. The Labute approximate surface area is 153 Å². The standard InChI is InChI=1S/C15H15Cl2N3O5/c1-8(14(23)18-11-4-3-9(16)5-10(11)17)25-13(22)7-20-12(21)6-19(2)15(20)24/h3-5,8H,6-7H2,1-2H3,(H,18,23)/t8-/m0/s1. The van der Waals surface area contributed by atoms with Gasteiger partial charge in [0.25, 0.3) is 11.8 Å². The first-order valence-electron chi connectivity index (χ1n) is 7.20. The van der Waals surface area contributed by atoms with Crippen LogP contribution in [0.1, 0.15) is 6.92 Å². The van der Waals surface area contributed by atoms with E-state index in [1.54, 1.807) is 6.07 Å². The number of likely N-dealkylation sites (N-methyl/N-ethyl adjacent to an activating group) is 1.